The van der Waals surface area contributed by atoms with Crippen LogP contribution < -0.4 is 5.32 Å². The van der Waals surface area contributed by atoms with Crippen LogP contribution in [0.4, 0.5) is 4.79 Å². The average Bonchev–Trinajstić information content (AvgIpc) is 2.76. The number of aromatic nitrogens is 2. The van der Waals surface area contributed by atoms with Crippen LogP contribution >= 0.6 is 0 Å². The van der Waals surface area contributed by atoms with E-state index in [4.69, 9.17) is 9.26 Å². The fraction of sp³-hybridized carbons (Fsp3) is 0.714. The molecular weight excluding hydrogens is 288 g/mol. The van der Waals surface area contributed by atoms with E-state index in [2.05, 4.69) is 15.5 Å². The molecule has 2 rings (SSSR count). The number of nitrogens with one attached hydrogen (secondary N) is 1. The topological polar surface area (TPSA) is 97.6 Å². The summed E-state index contributed by atoms with van der Waals surface area (Å²) < 4.78 is 10.3. The predicted octanol–water partition coefficient (Wildman–Crippen LogP) is 1.43. The minimum atomic E-state index is -0.803. The fourth-order valence-electron chi connectivity index (χ4n) is 2.09. The van der Waals surface area contributed by atoms with E-state index in [1.807, 2.05) is 0 Å². The van der Waals surface area contributed by atoms with Gasteiger partial charge in [0.15, 0.2) is 6.33 Å². The van der Waals surface area contributed by atoms with Gasteiger partial charge in [-0.05, 0) is 41.0 Å². The molecule has 1 atom stereocenters. The van der Waals surface area contributed by atoms with Crippen LogP contribution in [0.2, 0.25) is 0 Å². The average molecular weight is 310 g/mol. The van der Waals surface area contributed by atoms with Crippen molar-refractivity contribution in [1.29, 1.82) is 0 Å². The van der Waals surface area contributed by atoms with Crippen molar-refractivity contribution in [2.75, 3.05) is 6.54 Å². The first-order valence-corrected chi connectivity index (χ1v) is 7.19. The number of likely N-dealkylation sites (tertiary alicyclic amines) is 1. The highest BCUT2D eigenvalue weighted by atomic mass is 16.6. The summed E-state index contributed by atoms with van der Waals surface area (Å²) >= 11 is 0. The minimum Gasteiger partial charge on any atom is -0.444 e. The van der Waals surface area contributed by atoms with Gasteiger partial charge in [-0.1, -0.05) is 5.16 Å². The standard InChI is InChI=1S/C14H22N4O4/c1-13(2,3)21-12(20)18-7-6-9(18)10(19)17-14(4,5)11-15-8-16-22-11/h8-9H,6-7H2,1-5H3,(H,17,19)/t9-/m1/s1. The molecule has 0 aromatic carbocycles. The lowest BCUT2D eigenvalue weighted by atomic mass is 9.99. The molecule has 1 N–H and O–H groups in total. The quantitative estimate of drug-likeness (QED) is 0.907. The molecule has 8 heteroatoms. The van der Waals surface area contributed by atoms with Gasteiger partial charge >= 0.3 is 6.09 Å². The van der Waals surface area contributed by atoms with Crippen molar-refractivity contribution in [3.05, 3.63) is 12.2 Å². The van der Waals surface area contributed by atoms with Crippen molar-refractivity contribution in [1.82, 2.24) is 20.4 Å². The second-order valence-electron chi connectivity index (χ2n) is 6.84. The molecule has 22 heavy (non-hydrogen) atoms. The molecular formula is C14H22N4O4. The number of amides is 2. The highest BCUT2D eigenvalue weighted by Gasteiger charge is 2.42. The lowest BCUT2D eigenvalue weighted by Crippen LogP contribution is -2.61. The van der Waals surface area contributed by atoms with E-state index >= 15 is 0 Å². The normalized spacial score (nSPS) is 18.6. The molecule has 2 heterocycles. The molecule has 1 fully saturated rings. The molecule has 1 aliphatic heterocycles. The molecule has 1 saturated heterocycles. The van der Waals surface area contributed by atoms with E-state index in [9.17, 15) is 9.59 Å². The van der Waals surface area contributed by atoms with E-state index in [1.54, 1.807) is 34.6 Å². The maximum atomic E-state index is 12.4. The maximum Gasteiger partial charge on any atom is 0.410 e. The molecule has 1 aliphatic rings. The Labute approximate surface area is 129 Å². The molecule has 8 nitrogen and oxygen atoms in total. The zero-order valence-corrected chi connectivity index (χ0v) is 13.5. The van der Waals surface area contributed by atoms with E-state index in [-0.39, 0.29) is 5.91 Å². The number of hydrogen-bond donors (Lipinski definition) is 1. The second-order valence-corrected chi connectivity index (χ2v) is 6.84. The van der Waals surface area contributed by atoms with Gasteiger partial charge in [0, 0.05) is 6.54 Å². The van der Waals surface area contributed by atoms with Gasteiger partial charge in [0.2, 0.25) is 5.91 Å². The Hall–Kier alpha value is -2.12. The number of carbonyl (C=O) groups is 2. The third-order valence-corrected chi connectivity index (χ3v) is 3.28. The summed E-state index contributed by atoms with van der Waals surface area (Å²) in [6, 6.07) is -0.531. The van der Waals surface area contributed by atoms with Crippen LogP contribution in [-0.2, 0) is 15.1 Å². The SMILES string of the molecule is CC(C)(C)OC(=O)N1CC[C@@H]1C(=O)NC(C)(C)c1ncno1. The van der Waals surface area contributed by atoms with Crippen LogP contribution in [0.1, 0.15) is 46.9 Å². The van der Waals surface area contributed by atoms with Crippen molar-refractivity contribution in [3.8, 4) is 0 Å². The number of hydrogen-bond acceptors (Lipinski definition) is 6. The van der Waals surface area contributed by atoms with E-state index in [0.717, 1.165) is 0 Å². The van der Waals surface area contributed by atoms with Crippen molar-refractivity contribution in [2.45, 2.75) is 58.2 Å². The van der Waals surface area contributed by atoms with Crippen LogP contribution in [-0.4, -0.2) is 45.2 Å². The third kappa shape index (κ3) is 3.55. The largest absolute Gasteiger partial charge is 0.444 e. The first-order chi connectivity index (χ1) is 10.1. The summed E-state index contributed by atoms with van der Waals surface area (Å²) in [6.45, 7) is 9.40. The highest BCUT2D eigenvalue weighted by molar-refractivity contribution is 5.87. The number of ether oxygens (including phenoxy) is 1. The van der Waals surface area contributed by atoms with E-state index in [1.165, 1.54) is 11.2 Å². The van der Waals surface area contributed by atoms with Gasteiger partial charge in [-0.25, -0.2) is 4.79 Å². The van der Waals surface area contributed by atoms with Gasteiger partial charge in [-0.15, -0.1) is 0 Å². The van der Waals surface area contributed by atoms with Crippen LogP contribution in [0.5, 0.6) is 0 Å². The van der Waals surface area contributed by atoms with E-state index < -0.39 is 23.3 Å². The Kier molecular flexibility index (Phi) is 4.12. The van der Waals surface area contributed by atoms with Gasteiger partial charge in [0.1, 0.15) is 17.2 Å². The van der Waals surface area contributed by atoms with Crippen LogP contribution in [0, 0.1) is 0 Å². The van der Waals surface area contributed by atoms with Crippen LogP contribution in [0.3, 0.4) is 0 Å². The number of carbonyl (C=O) groups excluding carboxylic acids is 2. The molecule has 2 amide bonds. The molecule has 1 aromatic heterocycles. The lowest BCUT2D eigenvalue weighted by Gasteiger charge is -2.41. The van der Waals surface area contributed by atoms with Crippen molar-refractivity contribution < 1.29 is 18.8 Å². The molecule has 1 aromatic rings. The van der Waals surface area contributed by atoms with Crippen LogP contribution in [0.15, 0.2) is 10.9 Å². The highest BCUT2D eigenvalue weighted by Crippen LogP contribution is 2.24. The summed E-state index contributed by atoms with van der Waals surface area (Å²) in [7, 11) is 0. The summed E-state index contributed by atoms with van der Waals surface area (Å²) in [6.07, 6.45) is 1.40. The summed E-state index contributed by atoms with van der Waals surface area (Å²) in [5.74, 6) is 0.0456. The lowest BCUT2D eigenvalue weighted by molar-refractivity contribution is -0.132. The summed E-state index contributed by atoms with van der Waals surface area (Å²) in [5.41, 5.74) is -1.39. The minimum absolute atomic E-state index is 0.264. The van der Waals surface area contributed by atoms with Crippen molar-refractivity contribution >= 4 is 12.0 Å². The monoisotopic (exact) mass is 310 g/mol. The molecule has 0 saturated carbocycles. The van der Waals surface area contributed by atoms with Gasteiger partial charge in [0.25, 0.3) is 5.89 Å². The van der Waals surface area contributed by atoms with Crippen molar-refractivity contribution in [2.24, 2.45) is 0 Å². The van der Waals surface area contributed by atoms with Gasteiger partial charge in [-0.3, -0.25) is 9.69 Å². The van der Waals surface area contributed by atoms with Crippen molar-refractivity contribution in [3.63, 3.8) is 0 Å². The number of nitrogens with zero attached hydrogens (tertiary/aromatic N) is 3. The van der Waals surface area contributed by atoms with Crippen LogP contribution in [0.25, 0.3) is 0 Å². The Morgan fingerprint density at radius 3 is 2.50 bits per heavy atom. The van der Waals surface area contributed by atoms with E-state index in [0.29, 0.717) is 18.9 Å². The second kappa shape index (κ2) is 5.58. The fourth-order valence-corrected chi connectivity index (χ4v) is 2.09. The van der Waals surface area contributed by atoms with Gasteiger partial charge < -0.3 is 14.6 Å². The summed E-state index contributed by atoms with van der Waals surface area (Å²) in [4.78, 5) is 29.8. The molecule has 0 radical (unpaired) electrons. The van der Waals surface area contributed by atoms with Gasteiger partial charge in [0.05, 0.1) is 0 Å². The Bertz CT molecular complexity index is 548. The Morgan fingerprint density at radius 2 is 2.05 bits per heavy atom. The Morgan fingerprint density at radius 1 is 1.36 bits per heavy atom. The molecule has 122 valence electrons. The maximum absolute atomic E-state index is 12.4. The number of rotatable bonds is 3. The zero-order valence-electron chi connectivity index (χ0n) is 13.5. The molecule has 0 aliphatic carbocycles. The summed E-state index contributed by atoms with van der Waals surface area (Å²) in [5, 5.41) is 6.36. The first kappa shape index (κ1) is 16.3. The van der Waals surface area contributed by atoms with Gasteiger partial charge in [-0.2, -0.15) is 4.98 Å². The molecule has 0 spiro atoms. The zero-order chi connectivity index (χ0) is 16.5. The molecule has 0 unspecified atom stereocenters. The smallest absolute Gasteiger partial charge is 0.410 e. The predicted molar refractivity (Wildman–Crippen MR) is 76.8 cm³/mol. The third-order valence-electron chi connectivity index (χ3n) is 3.28. The Balaban J connectivity index is 1.97. The first-order valence-electron chi connectivity index (χ1n) is 7.19. The molecule has 0 bridgehead atoms.